The van der Waals surface area contributed by atoms with Gasteiger partial charge < -0.3 is 4.90 Å². The number of hydrogen-bond donors (Lipinski definition) is 0. The van der Waals surface area contributed by atoms with Gasteiger partial charge in [0.15, 0.2) is 0 Å². The maximum Gasteiger partial charge on any atom is 0.270 e. The summed E-state index contributed by atoms with van der Waals surface area (Å²) in [5.74, 6) is 0.0643. The molecule has 0 spiro atoms. The average Bonchev–Trinajstić information content (AvgIpc) is 2.38. The number of hydrogen-bond acceptors (Lipinski definition) is 3. The summed E-state index contributed by atoms with van der Waals surface area (Å²) in [5.41, 5.74) is 1.28. The Morgan fingerprint density at radius 1 is 1.40 bits per heavy atom. The molecule has 0 saturated carbocycles. The van der Waals surface area contributed by atoms with Crippen molar-refractivity contribution < 1.29 is 4.79 Å². The Labute approximate surface area is 117 Å². The number of pyridine rings is 1. The molecule has 0 saturated heterocycles. The van der Waals surface area contributed by atoms with Gasteiger partial charge in [0.25, 0.3) is 11.5 Å². The molecule has 106 valence electrons. The minimum Gasteiger partial charge on any atom is -0.341 e. The number of aryl methyl sites for hydroxylation is 1. The molecule has 5 nitrogen and oxygen atoms in total. The van der Waals surface area contributed by atoms with Gasteiger partial charge in [0.2, 0.25) is 0 Å². The van der Waals surface area contributed by atoms with Crippen LogP contribution < -0.4 is 5.56 Å². The molecule has 0 unspecified atom stereocenters. The van der Waals surface area contributed by atoms with Crippen molar-refractivity contribution in [1.82, 2.24) is 14.3 Å². The predicted octanol–water partition coefficient (Wildman–Crippen LogP) is 1.73. The van der Waals surface area contributed by atoms with Gasteiger partial charge in [0.1, 0.15) is 11.2 Å². The number of rotatable bonds is 3. The van der Waals surface area contributed by atoms with Crippen molar-refractivity contribution in [2.75, 3.05) is 13.6 Å². The van der Waals surface area contributed by atoms with Crippen molar-refractivity contribution in [2.24, 2.45) is 5.92 Å². The lowest BCUT2D eigenvalue weighted by atomic mass is 10.2. The van der Waals surface area contributed by atoms with E-state index < -0.39 is 0 Å². The van der Waals surface area contributed by atoms with Gasteiger partial charge in [-0.15, -0.1) is 0 Å². The summed E-state index contributed by atoms with van der Waals surface area (Å²) in [6, 6.07) is 3.65. The van der Waals surface area contributed by atoms with E-state index in [0.29, 0.717) is 18.1 Å². The maximum absolute atomic E-state index is 12.4. The lowest BCUT2D eigenvalue weighted by Crippen LogP contribution is -2.35. The number of fused-ring (bicyclic) bond motifs is 1. The van der Waals surface area contributed by atoms with Crippen LogP contribution in [0.15, 0.2) is 29.3 Å². The van der Waals surface area contributed by atoms with Crippen LogP contribution in [0, 0.1) is 12.8 Å². The quantitative estimate of drug-likeness (QED) is 0.855. The summed E-state index contributed by atoms with van der Waals surface area (Å²) in [6.45, 7) is 6.55. The second-order valence-electron chi connectivity index (χ2n) is 5.49. The molecule has 0 radical (unpaired) electrons. The zero-order valence-corrected chi connectivity index (χ0v) is 12.3. The molecule has 0 atom stereocenters. The molecular formula is C15H19N3O2. The number of amides is 1. The molecule has 20 heavy (non-hydrogen) atoms. The number of aromatic nitrogens is 2. The van der Waals surface area contributed by atoms with Crippen molar-refractivity contribution in [1.29, 1.82) is 0 Å². The van der Waals surface area contributed by atoms with Crippen molar-refractivity contribution in [3.8, 4) is 0 Å². The Morgan fingerprint density at radius 2 is 2.10 bits per heavy atom. The molecule has 0 aliphatic rings. The standard InChI is InChI=1S/C15H19N3O2/c1-10(2)8-17(4)14(19)12-7-16-13-6-5-11(3)9-18(13)15(12)20/h5-7,9-10H,8H2,1-4H3. The van der Waals surface area contributed by atoms with Crippen LogP contribution in [-0.4, -0.2) is 33.8 Å². The third-order valence-electron chi connectivity index (χ3n) is 3.07. The molecular weight excluding hydrogens is 254 g/mol. The molecule has 1 amide bonds. The fraction of sp³-hybridized carbons (Fsp3) is 0.400. The highest BCUT2D eigenvalue weighted by Gasteiger charge is 2.18. The third kappa shape index (κ3) is 2.71. The second-order valence-corrected chi connectivity index (χ2v) is 5.49. The summed E-state index contributed by atoms with van der Waals surface area (Å²) < 4.78 is 1.42. The van der Waals surface area contributed by atoms with E-state index in [2.05, 4.69) is 4.98 Å². The topological polar surface area (TPSA) is 54.7 Å². The van der Waals surface area contributed by atoms with Crippen LogP contribution in [0.25, 0.3) is 5.65 Å². The largest absolute Gasteiger partial charge is 0.341 e. The first-order valence-corrected chi connectivity index (χ1v) is 6.63. The van der Waals surface area contributed by atoms with E-state index in [4.69, 9.17) is 0 Å². The summed E-state index contributed by atoms with van der Waals surface area (Å²) in [4.78, 5) is 30.4. The van der Waals surface area contributed by atoms with E-state index >= 15 is 0 Å². The molecule has 0 bridgehead atoms. The van der Waals surface area contributed by atoms with Gasteiger partial charge in [-0.2, -0.15) is 0 Å². The molecule has 2 aromatic rings. The summed E-state index contributed by atoms with van der Waals surface area (Å²) >= 11 is 0. The predicted molar refractivity (Wildman–Crippen MR) is 78.0 cm³/mol. The van der Waals surface area contributed by atoms with Gasteiger partial charge in [-0.3, -0.25) is 14.0 Å². The molecule has 2 rings (SSSR count). The third-order valence-corrected chi connectivity index (χ3v) is 3.07. The second kappa shape index (κ2) is 5.45. The first kappa shape index (κ1) is 14.2. The smallest absolute Gasteiger partial charge is 0.270 e. The van der Waals surface area contributed by atoms with Crippen LogP contribution in [0.5, 0.6) is 0 Å². The number of carbonyl (C=O) groups is 1. The van der Waals surface area contributed by atoms with E-state index in [1.54, 1.807) is 24.2 Å². The minimum atomic E-state index is -0.320. The zero-order valence-electron chi connectivity index (χ0n) is 12.3. The minimum absolute atomic E-state index is 0.108. The van der Waals surface area contributed by atoms with Crippen LogP contribution in [-0.2, 0) is 0 Å². The summed E-state index contributed by atoms with van der Waals surface area (Å²) in [6.07, 6.45) is 3.07. The maximum atomic E-state index is 12.4. The number of nitrogens with zero attached hydrogens (tertiary/aromatic N) is 3. The van der Waals surface area contributed by atoms with Crippen molar-refractivity contribution in [3.63, 3.8) is 0 Å². The van der Waals surface area contributed by atoms with Gasteiger partial charge in [-0.25, -0.2) is 4.98 Å². The lowest BCUT2D eigenvalue weighted by Gasteiger charge is -2.19. The van der Waals surface area contributed by atoms with Crippen LogP contribution in [0.4, 0.5) is 0 Å². The van der Waals surface area contributed by atoms with Crippen LogP contribution >= 0.6 is 0 Å². The fourth-order valence-corrected chi connectivity index (χ4v) is 2.17. The monoisotopic (exact) mass is 273 g/mol. The molecule has 0 N–H and O–H groups in total. The van der Waals surface area contributed by atoms with Crippen molar-refractivity contribution >= 4 is 11.6 Å². The van der Waals surface area contributed by atoms with Crippen LogP contribution in [0.3, 0.4) is 0 Å². The van der Waals surface area contributed by atoms with Gasteiger partial charge in [-0.05, 0) is 24.5 Å². The first-order chi connectivity index (χ1) is 9.40. The van der Waals surface area contributed by atoms with Gasteiger partial charge >= 0.3 is 0 Å². The summed E-state index contributed by atoms with van der Waals surface area (Å²) in [7, 11) is 1.70. The van der Waals surface area contributed by atoms with Gasteiger partial charge in [0, 0.05) is 26.0 Å². The molecule has 0 aliphatic carbocycles. The van der Waals surface area contributed by atoms with Crippen molar-refractivity contribution in [3.05, 3.63) is 46.0 Å². The SMILES string of the molecule is Cc1ccc2ncc(C(=O)N(C)CC(C)C)c(=O)n2c1. The van der Waals surface area contributed by atoms with E-state index in [0.717, 1.165) is 5.56 Å². The van der Waals surface area contributed by atoms with E-state index in [9.17, 15) is 9.59 Å². The zero-order chi connectivity index (χ0) is 14.9. The number of carbonyl (C=O) groups excluding carboxylic acids is 1. The average molecular weight is 273 g/mol. The van der Waals surface area contributed by atoms with E-state index in [1.165, 1.54) is 10.6 Å². The highest BCUT2D eigenvalue weighted by Crippen LogP contribution is 2.05. The molecule has 0 aliphatic heterocycles. The molecule has 0 fully saturated rings. The Hall–Kier alpha value is -2.17. The van der Waals surface area contributed by atoms with Crippen LogP contribution in [0.1, 0.15) is 29.8 Å². The summed E-state index contributed by atoms with van der Waals surface area (Å²) in [5, 5.41) is 0. The molecule has 5 heteroatoms. The highest BCUT2D eigenvalue weighted by molar-refractivity contribution is 5.93. The Bertz CT molecular complexity index is 704. The lowest BCUT2D eigenvalue weighted by molar-refractivity contribution is 0.0777. The Morgan fingerprint density at radius 3 is 2.75 bits per heavy atom. The Balaban J connectivity index is 2.48. The van der Waals surface area contributed by atoms with Crippen LogP contribution in [0.2, 0.25) is 0 Å². The van der Waals surface area contributed by atoms with Gasteiger partial charge in [0.05, 0.1) is 0 Å². The first-order valence-electron chi connectivity index (χ1n) is 6.63. The Kier molecular flexibility index (Phi) is 3.88. The van der Waals surface area contributed by atoms with Gasteiger partial charge in [-0.1, -0.05) is 19.9 Å². The molecule has 2 heterocycles. The van der Waals surface area contributed by atoms with E-state index in [-0.39, 0.29) is 17.0 Å². The molecule has 2 aromatic heterocycles. The van der Waals surface area contributed by atoms with Crippen molar-refractivity contribution in [2.45, 2.75) is 20.8 Å². The highest BCUT2D eigenvalue weighted by atomic mass is 16.2. The fourth-order valence-electron chi connectivity index (χ4n) is 2.17. The molecule has 0 aromatic carbocycles. The normalized spacial score (nSPS) is 11.1. The van der Waals surface area contributed by atoms with E-state index in [1.807, 2.05) is 26.8 Å².